The van der Waals surface area contributed by atoms with Crippen LogP contribution in [0.4, 0.5) is 0 Å². The molecular weight excluding hydrogens is 272 g/mol. The minimum Gasteiger partial charge on any atom is -0.281 e. The molecule has 0 aliphatic heterocycles. The van der Waals surface area contributed by atoms with Crippen molar-refractivity contribution < 1.29 is 8.42 Å². The van der Waals surface area contributed by atoms with Gasteiger partial charge in [-0.3, -0.25) is 5.10 Å². The molecule has 0 aliphatic rings. The highest BCUT2D eigenvalue weighted by Crippen LogP contribution is 2.21. The van der Waals surface area contributed by atoms with Gasteiger partial charge in [0.05, 0.1) is 29.1 Å². The van der Waals surface area contributed by atoms with Crippen molar-refractivity contribution in [3.8, 4) is 0 Å². The van der Waals surface area contributed by atoms with Crippen LogP contribution in [0.2, 0.25) is 0 Å². The van der Waals surface area contributed by atoms with E-state index in [0.717, 1.165) is 5.69 Å². The first-order chi connectivity index (χ1) is 8.43. The van der Waals surface area contributed by atoms with Crippen molar-refractivity contribution in [2.75, 3.05) is 7.05 Å². The van der Waals surface area contributed by atoms with Crippen molar-refractivity contribution in [1.82, 2.24) is 19.5 Å². The Bertz CT molecular complexity index is 611. The van der Waals surface area contributed by atoms with Gasteiger partial charge in [0.1, 0.15) is 4.90 Å². The van der Waals surface area contributed by atoms with E-state index in [4.69, 9.17) is 0 Å². The van der Waals surface area contributed by atoms with Crippen LogP contribution in [0.1, 0.15) is 17.1 Å². The summed E-state index contributed by atoms with van der Waals surface area (Å²) in [6.45, 7) is 3.63. The minimum absolute atomic E-state index is 0.250. The lowest BCUT2D eigenvalue weighted by molar-refractivity contribution is 0.462. The van der Waals surface area contributed by atoms with Gasteiger partial charge in [-0.15, -0.1) is 11.3 Å². The molecule has 0 aliphatic carbocycles. The molecule has 0 atom stereocenters. The molecule has 0 amide bonds. The van der Waals surface area contributed by atoms with Crippen LogP contribution in [0.25, 0.3) is 0 Å². The van der Waals surface area contributed by atoms with Crippen LogP contribution in [0, 0.1) is 13.8 Å². The van der Waals surface area contributed by atoms with Gasteiger partial charge in [0.2, 0.25) is 10.0 Å². The van der Waals surface area contributed by atoms with Gasteiger partial charge in [-0.2, -0.15) is 9.40 Å². The summed E-state index contributed by atoms with van der Waals surface area (Å²) in [6.07, 6.45) is 0. The van der Waals surface area contributed by atoms with Gasteiger partial charge in [0.25, 0.3) is 0 Å². The lowest BCUT2D eigenvalue weighted by Gasteiger charge is -2.16. The van der Waals surface area contributed by atoms with Crippen LogP contribution >= 0.6 is 11.3 Å². The molecule has 0 fully saturated rings. The van der Waals surface area contributed by atoms with E-state index in [0.29, 0.717) is 11.4 Å². The number of aromatic amines is 1. The zero-order chi connectivity index (χ0) is 13.3. The fourth-order valence-electron chi connectivity index (χ4n) is 1.71. The molecule has 0 radical (unpaired) electrons. The molecule has 0 bridgehead atoms. The smallest absolute Gasteiger partial charge is 0.246 e. The molecule has 1 N–H and O–H groups in total. The van der Waals surface area contributed by atoms with Gasteiger partial charge in [0, 0.05) is 12.4 Å². The SMILES string of the molecule is Cc1n[nH]c(C)c1S(=O)(=O)N(C)Cc1cscn1. The molecule has 2 aromatic heterocycles. The Morgan fingerprint density at radius 3 is 2.67 bits per heavy atom. The largest absolute Gasteiger partial charge is 0.281 e. The summed E-state index contributed by atoms with van der Waals surface area (Å²) in [5, 5.41) is 8.44. The Hall–Kier alpha value is -1.25. The van der Waals surface area contributed by atoms with Gasteiger partial charge in [-0.1, -0.05) is 0 Å². The monoisotopic (exact) mass is 286 g/mol. The number of aromatic nitrogens is 3. The molecule has 2 heterocycles. The van der Waals surface area contributed by atoms with Crippen molar-refractivity contribution in [3.05, 3.63) is 28.0 Å². The fourth-order valence-corrected chi connectivity index (χ4v) is 3.72. The van der Waals surface area contributed by atoms with E-state index in [1.807, 2.05) is 5.38 Å². The number of nitrogens with one attached hydrogen (secondary N) is 1. The first-order valence-electron chi connectivity index (χ1n) is 5.28. The van der Waals surface area contributed by atoms with Crippen LogP contribution < -0.4 is 0 Å². The van der Waals surface area contributed by atoms with Crippen molar-refractivity contribution in [1.29, 1.82) is 0 Å². The number of aryl methyl sites for hydroxylation is 2. The summed E-state index contributed by atoms with van der Waals surface area (Å²) in [5.41, 5.74) is 3.46. The third kappa shape index (κ3) is 2.31. The summed E-state index contributed by atoms with van der Waals surface area (Å²) in [4.78, 5) is 4.34. The summed E-state index contributed by atoms with van der Waals surface area (Å²) in [7, 11) is -1.99. The fraction of sp³-hybridized carbons (Fsp3) is 0.400. The number of sulfonamides is 1. The van der Waals surface area contributed by atoms with Gasteiger partial charge in [-0.25, -0.2) is 13.4 Å². The topological polar surface area (TPSA) is 79.0 Å². The Kier molecular flexibility index (Phi) is 3.51. The lowest BCUT2D eigenvalue weighted by Crippen LogP contribution is -2.27. The quantitative estimate of drug-likeness (QED) is 0.919. The predicted octanol–water partition coefficient (Wildman–Crippen LogP) is 1.30. The summed E-state index contributed by atoms with van der Waals surface area (Å²) in [6, 6.07) is 0. The minimum atomic E-state index is -3.53. The zero-order valence-electron chi connectivity index (χ0n) is 10.3. The Labute approximate surface area is 110 Å². The van der Waals surface area contributed by atoms with Crippen LogP contribution in [0.15, 0.2) is 15.8 Å². The van der Waals surface area contributed by atoms with E-state index in [-0.39, 0.29) is 11.4 Å². The zero-order valence-corrected chi connectivity index (χ0v) is 12.0. The molecule has 98 valence electrons. The van der Waals surface area contributed by atoms with E-state index < -0.39 is 10.0 Å². The third-order valence-corrected chi connectivity index (χ3v) is 5.30. The van der Waals surface area contributed by atoms with Gasteiger partial charge >= 0.3 is 0 Å². The highest BCUT2D eigenvalue weighted by atomic mass is 32.2. The maximum Gasteiger partial charge on any atom is 0.246 e. The van der Waals surface area contributed by atoms with Gasteiger partial charge < -0.3 is 0 Å². The molecule has 0 saturated carbocycles. The first kappa shape index (κ1) is 13.2. The first-order valence-corrected chi connectivity index (χ1v) is 7.66. The molecule has 18 heavy (non-hydrogen) atoms. The molecule has 0 aromatic carbocycles. The molecule has 0 unspecified atom stereocenters. The Balaban J connectivity index is 2.32. The molecule has 2 aromatic rings. The van der Waals surface area contributed by atoms with Crippen molar-refractivity contribution in [2.45, 2.75) is 25.3 Å². The molecule has 6 nitrogen and oxygen atoms in total. The normalized spacial score (nSPS) is 12.2. The number of hydrogen-bond acceptors (Lipinski definition) is 5. The van der Waals surface area contributed by atoms with Gasteiger partial charge in [-0.05, 0) is 13.8 Å². The van der Waals surface area contributed by atoms with E-state index in [9.17, 15) is 8.42 Å². The number of rotatable bonds is 4. The number of H-pyrrole nitrogens is 1. The average molecular weight is 286 g/mol. The summed E-state index contributed by atoms with van der Waals surface area (Å²) < 4.78 is 26.1. The van der Waals surface area contributed by atoms with Crippen molar-refractivity contribution in [2.24, 2.45) is 0 Å². The standard InChI is InChI=1S/C10H14N4O2S2/c1-7-10(8(2)13-12-7)18(15,16)14(3)4-9-5-17-6-11-9/h5-6H,4H2,1-3H3,(H,12,13). The molecular formula is C10H14N4O2S2. The second-order valence-corrected chi connectivity index (χ2v) is 6.70. The molecule has 0 spiro atoms. The second kappa shape index (κ2) is 4.79. The predicted molar refractivity (Wildman–Crippen MR) is 68.8 cm³/mol. The average Bonchev–Trinajstić information content (AvgIpc) is 2.89. The maximum atomic E-state index is 12.4. The maximum absolute atomic E-state index is 12.4. The van der Waals surface area contributed by atoms with E-state index in [1.54, 1.807) is 26.4 Å². The van der Waals surface area contributed by atoms with Crippen LogP contribution in [-0.4, -0.2) is 35.0 Å². The number of hydrogen-bond donors (Lipinski definition) is 1. The van der Waals surface area contributed by atoms with E-state index in [2.05, 4.69) is 15.2 Å². The van der Waals surface area contributed by atoms with Crippen LogP contribution in [0.5, 0.6) is 0 Å². The highest BCUT2D eigenvalue weighted by Gasteiger charge is 2.27. The second-order valence-electron chi connectivity index (χ2n) is 4.00. The highest BCUT2D eigenvalue weighted by molar-refractivity contribution is 7.89. The lowest BCUT2D eigenvalue weighted by atomic mass is 10.4. The van der Waals surface area contributed by atoms with E-state index in [1.165, 1.54) is 15.6 Å². The Morgan fingerprint density at radius 2 is 2.17 bits per heavy atom. The summed E-state index contributed by atoms with van der Waals surface area (Å²) >= 11 is 1.44. The van der Waals surface area contributed by atoms with Crippen molar-refractivity contribution in [3.63, 3.8) is 0 Å². The van der Waals surface area contributed by atoms with Crippen LogP contribution in [-0.2, 0) is 16.6 Å². The van der Waals surface area contributed by atoms with Crippen molar-refractivity contribution >= 4 is 21.4 Å². The number of nitrogens with zero attached hydrogens (tertiary/aromatic N) is 3. The molecule has 8 heteroatoms. The number of thiazole rings is 1. The molecule has 2 rings (SSSR count). The van der Waals surface area contributed by atoms with E-state index >= 15 is 0 Å². The molecule has 0 saturated heterocycles. The van der Waals surface area contributed by atoms with Gasteiger partial charge in [0.15, 0.2) is 0 Å². The summed E-state index contributed by atoms with van der Waals surface area (Å²) in [5.74, 6) is 0. The third-order valence-electron chi connectivity index (χ3n) is 2.60. The Morgan fingerprint density at radius 1 is 1.44 bits per heavy atom. The van der Waals surface area contributed by atoms with Crippen LogP contribution in [0.3, 0.4) is 0 Å².